The molecule has 0 fully saturated rings. The van der Waals surface area contributed by atoms with Gasteiger partial charge in [-0.25, -0.2) is 13.1 Å². The van der Waals surface area contributed by atoms with Gasteiger partial charge in [0, 0.05) is 26.1 Å². The summed E-state index contributed by atoms with van der Waals surface area (Å²) in [7, 11) is -3.62. The maximum absolute atomic E-state index is 12.4. The molecule has 1 heterocycles. The second-order valence-corrected chi connectivity index (χ2v) is 8.58. The highest BCUT2D eigenvalue weighted by molar-refractivity contribution is 9.11. The van der Waals surface area contributed by atoms with Gasteiger partial charge in [0.15, 0.2) is 0 Å². The molecule has 1 aromatic heterocycles. The van der Waals surface area contributed by atoms with Crippen LogP contribution in [0.4, 0.5) is 5.69 Å². The molecule has 2 rings (SSSR count). The molecule has 1 aromatic carbocycles. The van der Waals surface area contributed by atoms with E-state index in [4.69, 9.17) is 5.73 Å². The summed E-state index contributed by atoms with van der Waals surface area (Å²) in [6.07, 6.45) is 0. The van der Waals surface area contributed by atoms with Gasteiger partial charge in [-0.05, 0) is 67.9 Å². The average Bonchev–Trinajstić information content (AvgIpc) is 2.70. The van der Waals surface area contributed by atoms with E-state index in [-0.39, 0.29) is 11.4 Å². The number of nitrogen functional groups attached to an aromatic ring is 1. The number of sulfonamides is 1. The van der Waals surface area contributed by atoms with Crippen LogP contribution in [-0.2, 0) is 16.6 Å². The van der Waals surface area contributed by atoms with E-state index in [0.29, 0.717) is 14.6 Å². The van der Waals surface area contributed by atoms with Crippen molar-refractivity contribution in [2.45, 2.75) is 18.4 Å². The molecule has 0 aliphatic heterocycles. The van der Waals surface area contributed by atoms with Crippen molar-refractivity contribution >= 4 is 58.9 Å². The van der Waals surface area contributed by atoms with E-state index in [1.165, 1.54) is 11.3 Å². The number of halogens is 2. The summed E-state index contributed by atoms with van der Waals surface area (Å²) in [5.74, 6) is 0. The number of hydrogen-bond donors (Lipinski definition) is 2. The Bertz CT molecular complexity index is 719. The first-order valence-corrected chi connectivity index (χ1v) is 9.53. The van der Waals surface area contributed by atoms with E-state index in [1.54, 1.807) is 12.1 Å². The Morgan fingerprint density at radius 3 is 2.40 bits per heavy atom. The fourth-order valence-corrected chi connectivity index (χ4v) is 6.20. The van der Waals surface area contributed by atoms with Crippen molar-refractivity contribution in [3.8, 4) is 0 Å². The Balaban J connectivity index is 2.30. The number of aryl methyl sites for hydroxylation is 1. The maximum atomic E-state index is 12.4. The van der Waals surface area contributed by atoms with Gasteiger partial charge in [-0.3, -0.25) is 0 Å². The molecule has 0 bridgehead atoms. The second kappa shape index (κ2) is 6.15. The van der Waals surface area contributed by atoms with Crippen LogP contribution in [0.3, 0.4) is 0 Å². The van der Waals surface area contributed by atoms with Crippen molar-refractivity contribution in [1.29, 1.82) is 0 Å². The third-order valence-electron chi connectivity index (χ3n) is 2.68. The summed E-state index contributed by atoms with van der Waals surface area (Å²) in [4.78, 5) is 1.15. The molecule has 0 saturated heterocycles. The standard InChI is InChI=1S/C12H12Br2N2O2S2/c1-7-2-3-19-11(7)6-16-20(17,18)12-9(13)4-8(15)5-10(12)14/h2-5,16H,6,15H2,1H3. The molecule has 0 aliphatic rings. The number of hydrogen-bond acceptors (Lipinski definition) is 4. The van der Waals surface area contributed by atoms with Crippen LogP contribution >= 0.6 is 43.2 Å². The maximum Gasteiger partial charge on any atom is 0.243 e. The van der Waals surface area contributed by atoms with Crippen molar-refractivity contribution < 1.29 is 8.42 Å². The lowest BCUT2D eigenvalue weighted by Crippen LogP contribution is -2.24. The molecular formula is C12H12Br2N2O2S2. The third kappa shape index (κ3) is 3.43. The number of nitrogens with two attached hydrogens (primary N) is 1. The highest BCUT2D eigenvalue weighted by Gasteiger charge is 2.21. The summed E-state index contributed by atoms with van der Waals surface area (Å²) in [5, 5.41) is 1.94. The topological polar surface area (TPSA) is 72.2 Å². The zero-order valence-electron chi connectivity index (χ0n) is 10.5. The minimum absolute atomic E-state index is 0.154. The minimum Gasteiger partial charge on any atom is -0.399 e. The van der Waals surface area contributed by atoms with Crippen LogP contribution in [-0.4, -0.2) is 8.42 Å². The predicted molar refractivity (Wildman–Crippen MR) is 89.3 cm³/mol. The van der Waals surface area contributed by atoms with Crippen molar-refractivity contribution in [2.75, 3.05) is 5.73 Å². The first-order chi connectivity index (χ1) is 9.31. The summed E-state index contributed by atoms with van der Waals surface area (Å²) >= 11 is 8.01. The number of nitrogens with one attached hydrogen (secondary N) is 1. The summed E-state index contributed by atoms with van der Waals surface area (Å²) in [5.41, 5.74) is 7.23. The lowest BCUT2D eigenvalue weighted by atomic mass is 10.3. The smallest absolute Gasteiger partial charge is 0.243 e. The molecule has 0 aliphatic carbocycles. The number of anilines is 1. The monoisotopic (exact) mass is 438 g/mol. The minimum atomic E-state index is -3.62. The molecule has 0 unspecified atom stereocenters. The molecular weight excluding hydrogens is 428 g/mol. The lowest BCUT2D eigenvalue weighted by Gasteiger charge is -2.11. The van der Waals surface area contributed by atoms with Crippen molar-refractivity contribution in [2.24, 2.45) is 0 Å². The molecule has 108 valence electrons. The lowest BCUT2D eigenvalue weighted by molar-refractivity contribution is 0.580. The molecule has 0 saturated carbocycles. The third-order valence-corrected chi connectivity index (χ3v) is 6.98. The molecule has 8 heteroatoms. The van der Waals surface area contributed by atoms with Gasteiger partial charge in [-0.2, -0.15) is 0 Å². The summed E-state index contributed by atoms with van der Waals surface area (Å²) < 4.78 is 28.2. The van der Waals surface area contributed by atoms with Gasteiger partial charge < -0.3 is 5.73 Å². The Labute approximate surface area is 138 Å². The van der Waals surface area contributed by atoms with E-state index >= 15 is 0 Å². The molecule has 0 amide bonds. The molecule has 3 N–H and O–H groups in total. The average molecular weight is 440 g/mol. The number of thiophene rings is 1. The van der Waals surface area contributed by atoms with Crippen LogP contribution in [0, 0.1) is 6.92 Å². The van der Waals surface area contributed by atoms with Crippen LogP contribution < -0.4 is 10.5 Å². The number of rotatable bonds is 4. The Kier molecular flexibility index (Phi) is 4.91. The van der Waals surface area contributed by atoms with Gasteiger partial charge in [0.25, 0.3) is 0 Å². The molecule has 0 spiro atoms. The molecule has 4 nitrogen and oxygen atoms in total. The van der Waals surface area contributed by atoms with Crippen molar-refractivity contribution in [3.63, 3.8) is 0 Å². The van der Waals surface area contributed by atoms with E-state index in [1.807, 2.05) is 18.4 Å². The quantitative estimate of drug-likeness (QED) is 0.714. The van der Waals surface area contributed by atoms with Crippen LogP contribution in [0.15, 0.2) is 37.4 Å². The van der Waals surface area contributed by atoms with Crippen LogP contribution in [0.5, 0.6) is 0 Å². The molecule has 20 heavy (non-hydrogen) atoms. The molecule has 2 aromatic rings. The van der Waals surface area contributed by atoms with Gasteiger partial charge >= 0.3 is 0 Å². The SMILES string of the molecule is Cc1ccsc1CNS(=O)(=O)c1c(Br)cc(N)cc1Br. The summed E-state index contributed by atoms with van der Waals surface area (Å²) in [6.45, 7) is 2.23. The van der Waals surface area contributed by atoms with Crippen molar-refractivity contribution in [1.82, 2.24) is 4.72 Å². The van der Waals surface area contributed by atoms with Gasteiger partial charge in [-0.1, -0.05) is 0 Å². The Hall–Kier alpha value is -0.410. The van der Waals surface area contributed by atoms with Crippen LogP contribution in [0.1, 0.15) is 10.4 Å². The van der Waals surface area contributed by atoms with E-state index in [2.05, 4.69) is 36.6 Å². The highest BCUT2D eigenvalue weighted by atomic mass is 79.9. The van der Waals surface area contributed by atoms with Gasteiger partial charge in [-0.15, -0.1) is 11.3 Å². The predicted octanol–water partition coefficient (Wildman–Crippen LogP) is 3.64. The zero-order valence-corrected chi connectivity index (χ0v) is 15.3. The zero-order chi connectivity index (χ0) is 14.9. The van der Waals surface area contributed by atoms with E-state index < -0.39 is 10.0 Å². The first-order valence-electron chi connectivity index (χ1n) is 5.58. The normalized spacial score (nSPS) is 11.8. The van der Waals surface area contributed by atoms with Gasteiger partial charge in [0.2, 0.25) is 10.0 Å². The highest BCUT2D eigenvalue weighted by Crippen LogP contribution is 2.32. The summed E-state index contributed by atoms with van der Waals surface area (Å²) in [6, 6.07) is 5.09. The molecule has 0 radical (unpaired) electrons. The van der Waals surface area contributed by atoms with E-state index in [9.17, 15) is 8.42 Å². The Morgan fingerprint density at radius 2 is 1.90 bits per heavy atom. The fourth-order valence-electron chi connectivity index (χ4n) is 1.65. The largest absolute Gasteiger partial charge is 0.399 e. The van der Waals surface area contributed by atoms with Crippen LogP contribution in [0.2, 0.25) is 0 Å². The molecule has 0 atom stereocenters. The number of benzene rings is 1. The van der Waals surface area contributed by atoms with Gasteiger partial charge in [0.05, 0.1) is 0 Å². The first kappa shape index (κ1) is 16.0. The van der Waals surface area contributed by atoms with Crippen LogP contribution in [0.25, 0.3) is 0 Å². The van der Waals surface area contributed by atoms with E-state index in [0.717, 1.165) is 10.4 Å². The Morgan fingerprint density at radius 1 is 1.30 bits per heavy atom. The van der Waals surface area contributed by atoms with Crippen molar-refractivity contribution in [3.05, 3.63) is 43.0 Å². The van der Waals surface area contributed by atoms with Gasteiger partial charge in [0.1, 0.15) is 4.90 Å². The second-order valence-electron chi connectivity index (χ2n) is 4.17. The fraction of sp³-hybridized carbons (Fsp3) is 0.167.